The molecular formula is C19H26N6O. The molecule has 0 aliphatic carbocycles. The predicted molar refractivity (Wildman–Crippen MR) is 98.1 cm³/mol. The largest absolute Gasteiger partial charge is 0.340 e. The fourth-order valence-corrected chi connectivity index (χ4v) is 3.84. The first-order valence-electron chi connectivity index (χ1n) is 9.34. The number of nitrogens with one attached hydrogen (secondary N) is 1. The number of fused-ring (bicyclic) bond motifs is 1. The van der Waals surface area contributed by atoms with Crippen molar-refractivity contribution < 1.29 is 4.79 Å². The van der Waals surface area contributed by atoms with Gasteiger partial charge < -0.3 is 4.90 Å². The summed E-state index contributed by atoms with van der Waals surface area (Å²) < 4.78 is 0. The second-order valence-electron chi connectivity index (χ2n) is 7.26. The average Bonchev–Trinajstić information content (AvgIpc) is 3.14. The fourth-order valence-electron chi connectivity index (χ4n) is 3.84. The summed E-state index contributed by atoms with van der Waals surface area (Å²) in [6.45, 7) is 8.40. The summed E-state index contributed by atoms with van der Waals surface area (Å²) in [5, 5.41) is 7.11. The Hall–Kier alpha value is -2.25. The number of nitrogens with zero attached hydrogens (tertiary/aromatic N) is 5. The fraction of sp³-hybridized carbons (Fsp3) is 0.526. The van der Waals surface area contributed by atoms with Gasteiger partial charge >= 0.3 is 0 Å². The number of aryl methyl sites for hydroxylation is 1. The zero-order valence-corrected chi connectivity index (χ0v) is 15.3. The zero-order chi connectivity index (χ0) is 17.9. The highest BCUT2D eigenvalue weighted by Gasteiger charge is 2.24. The molecule has 1 aromatic carbocycles. The second kappa shape index (κ2) is 7.55. The van der Waals surface area contributed by atoms with Gasteiger partial charge in [0, 0.05) is 39.3 Å². The van der Waals surface area contributed by atoms with Crippen molar-refractivity contribution in [1.82, 2.24) is 29.9 Å². The van der Waals surface area contributed by atoms with Crippen LogP contribution >= 0.6 is 0 Å². The first-order chi connectivity index (χ1) is 12.7. The number of rotatable bonds is 4. The van der Waals surface area contributed by atoms with Crippen molar-refractivity contribution >= 4 is 5.91 Å². The van der Waals surface area contributed by atoms with Gasteiger partial charge in [0.15, 0.2) is 5.82 Å². The highest BCUT2D eigenvalue weighted by molar-refractivity contribution is 5.78. The Morgan fingerprint density at radius 2 is 1.85 bits per heavy atom. The predicted octanol–water partition coefficient (Wildman–Crippen LogP) is 1.16. The second-order valence-corrected chi connectivity index (χ2v) is 7.26. The van der Waals surface area contributed by atoms with E-state index in [1.165, 1.54) is 11.1 Å². The van der Waals surface area contributed by atoms with Crippen LogP contribution < -0.4 is 0 Å². The molecular weight excluding hydrogens is 328 g/mol. The minimum Gasteiger partial charge on any atom is -0.340 e. The molecule has 0 unspecified atom stereocenters. The summed E-state index contributed by atoms with van der Waals surface area (Å²) >= 11 is 0. The van der Waals surface area contributed by atoms with Gasteiger partial charge in [-0.25, -0.2) is 4.98 Å². The van der Waals surface area contributed by atoms with Gasteiger partial charge in [0.2, 0.25) is 5.91 Å². The third-order valence-corrected chi connectivity index (χ3v) is 5.21. The lowest BCUT2D eigenvalue weighted by Gasteiger charge is -2.24. The van der Waals surface area contributed by atoms with E-state index in [4.69, 9.17) is 0 Å². The smallest absolute Gasteiger partial charge is 0.236 e. The lowest BCUT2D eigenvalue weighted by atomic mass is 10.1. The van der Waals surface area contributed by atoms with E-state index >= 15 is 0 Å². The van der Waals surface area contributed by atoms with Crippen LogP contribution in [0.15, 0.2) is 24.3 Å². The Morgan fingerprint density at radius 1 is 1.08 bits per heavy atom. The molecule has 2 aromatic rings. The van der Waals surface area contributed by atoms with Gasteiger partial charge in [-0.3, -0.25) is 19.7 Å². The normalized spacial score (nSPS) is 18.7. The molecule has 138 valence electrons. The van der Waals surface area contributed by atoms with E-state index in [1.54, 1.807) is 0 Å². The number of carbonyl (C=O) groups excluding carboxylic acids is 1. The molecule has 0 radical (unpaired) electrons. The lowest BCUT2D eigenvalue weighted by molar-refractivity contribution is -0.132. The number of amides is 1. The van der Waals surface area contributed by atoms with E-state index in [0.29, 0.717) is 6.54 Å². The number of benzene rings is 1. The summed E-state index contributed by atoms with van der Waals surface area (Å²) in [6.07, 6.45) is 0.995. The van der Waals surface area contributed by atoms with Gasteiger partial charge in [-0.05, 0) is 24.5 Å². The first-order valence-corrected chi connectivity index (χ1v) is 9.34. The summed E-state index contributed by atoms with van der Waals surface area (Å²) in [5.41, 5.74) is 2.70. The van der Waals surface area contributed by atoms with E-state index in [0.717, 1.165) is 63.9 Å². The molecule has 2 aliphatic heterocycles. The van der Waals surface area contributed by atoms with Gasteiger partial charge in [-0.15, -0.1) is 0 Å². The molecule has 1 aromatic heterocycles. The van der Waals surface area contributed by atoms with Crippen LogP contribution in [-0.4, -0.2) is 68.5 Å². The molecule has 0 spiro atoms. The SMILES string of the molecule is Cc1nc(CN2CCCN(C(=O)CN3Cc4ccccc4C3)CC2)n[nH]1. The third kappa shape index (κ3) is 3.94. The number of hydrogen-bond acceptors (Lipinski definition) is 5. The van der Waals surface area contributed by atoms with Gasteiger partial charge in [0.05, 0.1) is 13.1 Å². The van der Waals surface area contributed by atoms with Crippen LogP contribution in [0.1, 0.15) is 29.2 Å². The van der Waals surface area contributed by atoms with E-state index in [-0.39, 0.29) is 5.91 Å². The molecule has 7 nitrogen and oxygen atoms in total. The van der Waals surface area contributed by atoms with Crippen LogP contribution in [0.5, 0.6) is 0 Å². The van der Waals surface area contributed by atoms with E-state index in [1.807, 2.05) is 11.8 Å². The quantitative estimate of drug-likeness (QED) is 0.892. The molecule has 1 saturated heterocycles. The van der Waals surface area contributed by atoms with Crippen molar-refractivity contribution in [1.29, 1.82) is 0 Å². The molecule has 1 fully saturated rings. The van der Waals surface area contributed by atoms with Gasteiger partial charge in [0.25, 0.3) is 0 Å². The van der Waals surface area contributed by atoms with Crippen molar-refractivity contribution in [2.45, 2.75) is 33.0 Å². The first kappa shape index (κ1) is 17.2. The van der Waals surface area contributed by atoms with Crippen LogP contribution in [-0.2, 0) is 24.4 Å². The Balaban J connectivity index is 1.28. The van der Waals surface area contributed by atoms with Crippen LogP contribution in [0.4, 0.5) is 0 Å². The number of H-pyrrole nitrogens is 1. The monoisotopic (exact) mass is 354 g/mol. The minimum absolute atomic E-state index is 0.244. The van der Waals surface area contributed by atoms with Crippen molar-refractivity contribution in [2.24, 2.45) is 0 Å². The standard InChI is InChI=1S/C19H26N6O/c1-15-20-18(22-21-15)13-23-7-4-8-25(10-9-23)19(26)14-24-11-16-5-2-3-6-17(16)12-24/h2-3,5-6H,4,7-14H2,1H3,(H,20,21,22). The maximum Gasteiger partial charge on any atom is 0.236 e. The van der Waals surface area contributed by atoms with Crippen LogP contribution in [0.25, 0.3) is 0 Å². The summed E-state index contributed by atoms with van der Waals surface area (Å²) in [6, 6.07) is 8.47. The number of carbonyl (C=O) groups is 1. The van der Waals surface area contributed by atoms with E-state index in [2.05, 4.69) is 49.2 Å². The Bertz CT molecular complexity index is 748. The summed E-state index contributed by atoms with van der Waals surface area (Å²) in [7, 11) is 0. The van der Waals surface area contributed by atoms with Crippen molar-refractivity contribution in [3.63, 3.8) is 0 Å². The molecule has 0 atom stereocenters. The Kier molecular flexibility index (Phi) is 4.99. The van der Waals surface area contributed by atoms with Gasteiger partial charge in [0.1, 0.15) is 5.82 Å². The maximum absolute atomic E-state index is 12.8. The number of aromatic amines is 1. The van der Waals surface area contributed by atoms with Crippen LogP contribution in [0.3, 0.4) is 0 Å². The van der Waals surface area contributed by atoms with Crippen LogP contribution in [0, 0.1) is 6.92 Å². The Morgan fingerprint density at radius 3 is 2.54 bits per heavy atom. The topological polar surface area (TPSA) is 68.4 Å². The molecule has 1 amide bonds. The molecule has 26 heavy (non-hydrogen) atoms. The van der Waals surface area contributed by atoms with E-state index < -0.39 is 0 Å². The molecule has 0 bridgehead atoms. The third-order valence-electron chi connectivity index (χ3n) is 5.21. The molecule has 4 rings (SSSR count). The molecule has 3 heterocycles. The molecule has 0 saturated carbocycles. The average molecular weight is 354 g/mol. The zero-order valence-electron chi connectivity index (χ0n) is 15.3. The van der Waals surface area contributed by atoms with Crippen molar-refractivity contribution in [3.05, 3.63) is 47.0 Å². The Labute approximate surface area is 154 Å². The van der Waals surface area contributed by atoms with Crippen molar-refractivity contribution in [2.75, 3.05) is 32.7 Å². The summed E-state index contributed by atoms with van der Waals surface area (Å²) in [5.74, 6) is 1.92. The minimum atomic E-state index is 0.244. The van der Waals surface area contributed by atoms with Gasteiger partial charge in [-0.1, -0.05) is 24.3 Å². The summed E-state index contributed by atoms with van der Waals surface area (Å²) in [4.78, 5) is 23.7. The van der Waals surface area contributed by atoms with E-state index in [9.17, 15) is 4.79 Å². The molecule has 7 heteroatoms. The molecule has 2 aliphatic rings. The molecule has 1 N–H and O–H groups in total. The maximum atomic E-state index is 12.8. The number of aromatic nitrogens is 3. The highest BCUT2D eigenvalue weighted by atomic mass is 16.2. The van der Waals surface area contributed by atoms with Crippen molar-refractivity contribution in [3.8, 4) is 0 Å². The van der Waals surface area contributed by atoms with Crippen LogP contribution in [0.2, 0.25) is 0 Å². The highest BCUT2D eigenvalue weighted by Crippen LogP contribution is 2.22. The lowest BCUT2D eigenvalue weighted by Crippen LogP contribution is -2.40. The van der Waals surface area contributed by atoms with Gasteiger partial charge in [-0.2, -0.15) is 5.10 Å². The number of hydrogen-bond donors (Lipinski definition) is 1.